The maximum absolute atomic E-state index is 12.7. The van der Waals surface area contributed by atoms with Crippen LogP contribution in [0.25, 0.3) is 5.57 Å². The minimum absolute atomic E-state index is 0.207. The van der Waals surface area contributed by atoms with E-state index in [0.29, 0.717) is 11.3 Å². The van der Waals surface area contributed by atoms with Gasteiger partial charge in [-0.2, -0.15) is 0 Å². The van der Waals surface area contributed by atoms with Gasteiger partial charge in [0.1, 0.15) is 11.5 Å². The molecule has 0 bridgehead atoms. The third-order valence-corrected chi connectivity index (χ3v) is 5.79. The van der Waals surface area contributed by atoms with Crippen LogP contribution in [0.5, 0.6) is 11.5 Å². The molecule has 0 unspecified atom stereocenters. The van der Waals surface area contributed by atoms with Gasteiger partial charge in [0.05, 0.1) is 19.1 Å². The van der Waals surface area contributed by atoms with E-state index in [2.05, 4.69) is 4.72 Å². The molecule has 0 aliphatic carbocycles. The smallest absolute Gasteiger partial charge is 0.261 e. The van der Waals surface area contributed by atoms with Crippen molar-refractivity contribution >= 4 is 15.6 Å². The molecule has 0 aliphatic rings. The Morgan fingerprint density at radius 2 is 1.48 bits per heavy atom. The third-order valence-electron chi connectivity index (χ3n) is 4.47. The van der Waals surface area contributed by atoms with E-state index in [9.17, 15) is 8.42 Å². The van der Waals surface area contributed by atoms with Gasteiger partial charge in [-0.25, -0.2) is 8.42 Å². The number of hydrogen-bond acceptors (Lipinski definition) is 4. The second-order valence-electron chi connectivity index (χ2n) is 6.45. The van der Waals surface area contributed by atoms with Gasteiger partial charge in [-0.1, -0.05) is 42.0 Å². The summed E-state index contributed by atoms with van der Waals surface area (Å²) in [5.74, 6) is 1.40. The van der Waals surface area contributed by atoms with Crippen LogP contribution in [0.1, 0.15) is 16.7 Å². The molecule has 0 aliphatic heterocycles. The molecule has 0 fully saturated rings. The molecular formula is C23H23NO4S. The molecule has 3 aromatic carbocycles. The van der Waals surface area contributed by atoms with Crippen LogP contribution >= 0.6 is 0 Å². The fraction of sp³-hybridized carbons (Fsp3) is 0.130. The average Bonchev–Trinajstić information content (AvgIpc) is 2.75. The quantitative estimate of drug-likeness (QED) is 0.629. The summed E-state index contributed by atoms with van der Waals surface area (Å²) in [5.41, 5.74) is 3.36. The lowest BCUT2D eigenvalue weighted by Gasteiger charge is -2.12. The van der Waals surface area contributed by atoms with Crippen molar-refractivity contribution in [3.05, 3.63) is 95.7 Å². The van der Waals surface area contributed by atoms with E-state index in [1.54, 1.807) is 38.5 Å². The molecule has 0 radical (unpaired) electrons. The molecule has 3 aromatic rings. The number of aryl methyl sites for hydroxylation is 1. The first kappa shape index (κ1) is 20.5. The molecule has 0 aromatic heterocycles. The minimum atomic E-state index is -3.70. The summed E-state index contributed by atoms with van der Waals surface area (Å²) < 4.78 is 38.6. The van der Waals surface area contributed by atoms with Crippen LogP contribution in [0.3, 0.4) is 0 Å². The van der Waals surface area contributed by atoms with Crippen molar-refractivity contribution in [1.82, 2.24) is 4.72 Å². The highest BCUT2D eigenvalue weighted by atomic mass is 32.2. The van der Waals surface area contributed by atoms with E-state index in [1.165, 1.54) is 6.20 Å². The summed E-state index contributed by atoms with van der Waals surface area (Å²) in [5, 5.41) is 0. The molecular weight excluding hydrogens is 386 g/mol. The topological polar surface area (TPSA) is 64.6 Å². The molecule has 0 spiro atoms. The standard InChI is InChI=1S/C23H23NO4S/c1-17-7-13-22(14-8-17)29(25,26)24-16-23(18-9-11-20(27-2)12-10-18)19-5-4-6-21(15-19)28-3/h4-16,24H,1-3H3/b23-16-. The van der Waals surface area contributed by atoms with Crippen molar-refractivity contribution in [2.75, 3.05) is 14.2 Å². The predicted molar refractivity (Wildman–Crippen MR) is 115 cm³/mol. The maximum Gasteiger partial charge on any atom is 0.261 e. The number of nitrogens with one attached hydrogen (secondary N) is 1. The first-order valence-electron chi connectivity index (χ1n) is 9.01. The molecule has 3 rings (SSSR count). The second kappa shape index (κ2) is 8.84. The van der Waals surface area contributed by atoms with Crippen LogP contribution in [-0.2, 0) is 10.0 Å². The number of ether oxygens (including phenoxy) is 2. The first-order chi connectivity index (χ1) is 13.9. The molecule has 0 amide bonds. The lowest BCUT2D eigenvalue weighted by molar-refractivity contribution is 0.414. The Bertz CT molecular complexity index is 1100. The fourth-order valence-electron chi connectivity index (χ4n) is 2.82. The Morgan fingerprint density at radius 1 is 0.828 bits per heavy atom. The van der Waals surface area contributed by atoms with Gasteiger partial charge < -0.3 is 9.47 Å². The van der Waals surface area contributed by atoms with E-state index in [-0.39, 0.29) is 4.90 Å². The van der Waals surface area contributed by atoms with E-state index < -0.39 is 10.0 Å². The largest absolute Gasteiger partial charge is 0.497 e. The summed E-state index contributed by atoms with van der Waals surface area (Å²) >= 11 is 0. The molecule has 29 heavy (non-hydrogen) atoms. The van der Waals surface area contributed by atoms with Crippen molar-refractivity contribution in [2.45, 2.75) is 11.8 Å². The Morgan fingerprint density at radius 3 is 2.10 bits per heavy atom. The normalized spacial score (nSPS) is 11.8. The number of methoxy groups -OCH3 is 2. The zero-order chi connectivity index (χ0) is 20.9. The number of sulfonamides is 1. The highest BCUT2D eigenvalue weighted by Gasteiger charge is 2.14. The van der Waals surface area contributed by atoms with Crippen molar-refractivity contribution in [3.63, 3.8) is 0 Å². The summed E-state index contributed by atoms with van der Waals surface area (Å²) in [6.45, 7) is 1.91. The number of hydrogen-bond donors (Lipinski definition) is 1. The maximum atomic E-state index is 12.7. The molecule has 5 nitrogen and oxygen atoms in total. The fourth-order valence-corrected chi connectivity index (χ4v) is 3.72. The highest BCUT2D eigenvalue weighted by molar-refractivity contribution is 7.89. The van der Waals surface area contributed by atoms with E-state index in [0.717, 1.165) is 22.4 Å². The summed E-state index contributed by atoms with van der Waals surface area (Å²) in [6.07, 6.45) is 1.51. The van der Waals surface area contributed by atoms with Gasteiger partial charge in [-0.15, -0.1) is 0 Å². The molecule has 0 atom stereocenters. The van der Waals surface area contributed by atoms with Gasteiger partial charge in [-0.05, 0) is 54.4 Å². The Labute approximate surface area is 171 Å². The van der Waals surface area contributed by atoms with E-state index in [1.807, 2.05) is 55.5 Å². The van der Waals surface area contributed by atoms with Crippen LogP contribution in [0, 0.1) is 6.92 Å². The van der Waals surface area contributed by atoms with Crippen molar-refractivity contribution in [1.29, 1.82) is 0 Å². The van der Waals surface area contributed by atoms with Crippen molar-refractivity contribution in [3.8, 4) is 11.5 Å². The molecule has 0 saturated heterocycles. The van der Waals surface area contributed by atoms with E-state index in [4.69, 9.17) is 9.47 Å². The van der Waals surface area contributed by atoms with Crippen LogP contribution in [0.2, 0.25) is 0 Å². The Balaban J connectivity index is 2.02. The summed E-state index contributed by atoms with van der Waals surface area (Å²) in [7, 11) is -0.505. The van der Waals surface area contributed by atoms with Crippen molar-refractivity contribution in [2.24, 2.45) is 0 Å². The monoisotopic (exact) mass is 409 g/mol. The number of benzene rings is 3. The zero-order valence-corrected chi connectivity index (χ0v) is 17.4. The SMILES string of the molecule is COc1ccc(/C(=C/NS(=O)(=O)c2ccc(C)cc2)c2cccc(OC)c2)cc1. The Kier molecular flexibility index (Phi) is 6.24. The minimum Gasteiger partial charge on any atom is -0.497 e. The Hall–Kier alpha value is -3.25. The van der Waals surface area contributed by atoms with Gasteiger partial charge in [0.25, 0.3) is 10.0 Å². The second-order valence-corrected chi connectivity index (χ2v) is 8.17. The predicted octanol–water partition coefficient (Wildman–Crippen LogP) is 4.38. The van der Waals surface area contributed by atoms with Crippen LogP contribution in [0.15, 0.2) is 83.9 Å². The summed E-state index contributed by atoms with van der Waals surface area (Å²) in [6, 6.07) is 21.6. The van der Waals surface area contributed by atoms with Gasteiger partial charge in [-0.3, -0.25) is 4.72 Å². The van der Waals surface area contributed by atoms with Crippen LogP contribution in [0.4, 0.5) is 0 Å². The van der Waals surface area contributed by atoms with Gasteiger partial charge >= 0.3 is 0 Å². The number of rotatable bonds is 7. The zero-order valence-electron chi connectivity index (χ0n) is 16.5. The average molecular weight is 410 g/mol. The summed E-state index contributed by atoms with van der Waals surface area (Å²) in [4.78, 5) is 0.207. The van der Waals surface area contributed by atoms with Crippen molar-refractivity contribution < 1.29 is 17.9 Å². The molecule has 0 heterocycles. The van der Waals surface area contributed by atoms with Crippen LogP contribution in [-0.4, -0.2) is 22.6 Å². The molecule has 1 N–H and O–H groups in total. The lowest BCUT2D eigenvalue weighted by Crippen LogP contribution is -2.18. The third kappa shape index (κ3) is 4.97. The van der Waals surface area contributed by atoms with Gasteiger partial charge in [0.15, 0.2) is 0 Å². The van der Waals surface area contributed by atoms with Gasteiger partial charge in [0.2, 0.25) is 0 Å². The molecule has 150 valence electrons. The molecule has 6 heteroatoms. The highest BCUT2D eigenvalue weighted by Crippen LogP contribution is 2.27. The van der Waals surface area contributed by atoms with E-state index >= 15 is 0 Å². The van der Waals surface area contributed by atoms with Crippen LogP contribution < -0.4 is 14.2 Å². The molecule has 0 saturated carbocycles. The lowest BCUT2D eigenvalue weighted by atomic mass is 9.98. The first-order valence-corrected chi connectivity index (χ1v) is 10.5. The van der Waals surface area contributed by atoms with Gasteiger partial charge in [0, 0.05) is 11.8 Å².